The molecule has 0 aliphatic rings. The summed E-state index contributed by atoms with van der Waals surface area (Å²) in [4.78, 5) is 4.13. The summed E-state index contributed by atoms with van der Waals surface area (Å²) in [7, 11) is 0. The summed E-state index contributed by atoms with van der Waals surface area (Å²) in [6.45, 7) is 4.24. The van der Waals surface area contributed by atoms with Crippen molar-refractivity contribution in [2.75, 3.05) is 0 Å². The third kappa shape index (κ3) is 2.91. The molecule has 2 rings (SSSR count). The Balaban J connectivity index is 1.97. The number of rotatable bonds is 4. The average molecular weight is 234 g/mol. The fraction of sp³-hybridized carbons (Fsp3) is 0.308. The lowest BCUT2D eigenvalue weighted by Crippen LogP contribution is -2.19. The normalized spacial score (nSPS) is 12.6. The van der Waals surface area contributed by atoms with Crippen LogP contribution in [0.25, 0.3) is 0 Å². The molecule has 0 spiro atoms. The number of halogens is 1. The number of aryl methyl sites for hydroxylation is 1. The highest BCUT2D eigenvalue weighted by Gasteiger charge is 2.11. The SMILES string of the molecule is Cc1cnc(C(C)NCc2ccccc2F)o1. The van der Waals surface area contributed by atoms with Crippen LogP contribution in [0.15, 0.2) is 34.9 Å². The Labute approximate surface area is 99.7 Å². The predicted molar refractivity (Wildman–Crippen MR) is 62.9 cm³/mol. The Kier molecular flexibility index (Phi) is 3.54. The summed E-state index contributed by atoms with van der Waals surface area (Å²) in [6.07, 6.45) is 1.68. The zero-order valence-corrected chi connectivity index (χ0v) is 9.90. The second-order valence-electron chi connectivity index (χ2n) is 4.00. The summed E-state index contributed by atoms with van der Waals surface area (Å²) >= 11 is 0. The molecule has 1 aromatic heterocycles. The van der Waals surface area contributed by atoms with Crippen molar-refractivity contribution >= 4 is 0 Å². The minimum absolute atomic E-state index is 0.0386. The Morgan fingerprint density at radius 2 is 2.18 bits per heavy atom. The quantitative estimate of drug-likeness (QED) is 0.883. The van der Waals surface area contributed by atoms with Gasteiger partial charge < -0.3 is 9.73 Å². The lowest BCUT2D eigenvalue weighted by molar-refractivity contribution is 0.400. The molecule has 0 saturated carbocycles. The molecule has 1 atom stereocenters. The maximum atomic E-state index is 13.4. The molecule has 0 aliphatic heterocycles. The molecular formula is C13H15FN2O. The molecule has 0 saturated heterocycles. The first-order chi connectivity index (χ1) is 8.16. The molecule has 17 heavy (non-hydrogen) atoms. The van der Waals surface area contributed by atoms with Crippen LogP contribution in [0.2, 0.25) is 0 Å². The van der Waals surface area contributed by atoms with Crippen LogP contribution in [-0.2, 0) is 6.54 Å². The van der Waals surface area contributed by atoms with Gasteiger partial charge in [0, 0.05) is 12.1 Å². The summed E-state index contributed by atoms with van der Waals surface area (Å²) in [5.41, 5.74) is 0.641. The molecule has 0 aliphatic carbocycles. The summed E-state index contributed by atoms with van der Waals surface area (Å²) in [5, 5.41) is 3.17. The Bertz CT molecular complexity index is 496. The average Bonchev–Trinajstić information content (AvgIpc) is 2.74. The van der Waals surface area contributed by atoms with Gasteiger partial charge in [0.25, 0.3) is 0 Å². The van der Waals surface area contributed by atoms with Gasteiger partial charge in [0.1, 0.15) is 11.6 Å². The Hall–Kier alpha value is -1.68. The second kappa shape index (κ2) is 5.10. The van der Waals surface area contributed by atoms with Gasteiger partial charge in [-0.2, -0.15) is 0 Å². The Morgan fingerprint density at radius 3 is 2.82 bits per heavy atom. The van der Waals surface area contributed by atoms with Crippen LogP contribution in [0.5, 0.6) is 0 Å². The molecule has 1 aromatic carbocycles. The van der Waals surface area contributed by atoms with Crippen LogP contribution in [0.3, 0.4) is 0 Å². The van der Waals surface area contributed by atoms with Gasteiger partial charge >= 0.3 is 0 Å². The smallest absolute Gasteiger partial charge is 0.211 e. The molecule has 3 nitrogen and oxygen atoms in total. The van der Waals surface area contributed by atoms with Crippen LogP contribution >= 0.6 is 0 Å². The number of hydrogen-bond acceptors (Lipinski definition) is 3. The van der Waals surface area contributed by atoms with E-state index >= 15 is 0 Å². The van der Waals surface area contributed by atoms with E-state index in [1.54, 1.807) is 18.3 Å². The number of oxazole rings is 1. The van der Waals surface area contributed by atoms with Crippen LogP contribution in [-0.4, -0.2) is 4.98 Å². The molecule has 0 bridgehead atoms. The highest BCUT2D eigenvalue weighted by molar-refractivity contribution is 5.17. The van der Waals surface area contributed by atoms with Gasteiger partial charge in [0.2, 0.25) is 5.89 Å². The van der Waals surface area contributed by atoms with E-state index in [0.717, 1.165) is 5.76 Å². The van der Waals surface area contributed by atoms with Crippen molar-refractivity contribution in [2.24, 2.45) is 0 Å². The molecule has 1 N–H and O–H groups in total. The third-order valence-electron chi connectivity index (χ3n) is 2.57. The summed E-state index contributed by atoms with van der Waals surface area (Å²) in [5.74, 6) is 1.20. The van der Waals surface area contributed by atoms with Crippen molar-refractivity contribution in [3.05, 3.63) is 53.5 Å². The van der Waals surface area contributed by atoms with Gasteiger partial charge in [-0.15, -0.1) is 0 Å². The molecule has 0 amide bonds. The molecular weight excluding hydrogens is 219 g/mol. The number of benzene rings is 1. The minimum Gasteiger partial charge on any atom is -0.444 e. The molecule has 1 heterocycles. The van der Waals surface area contributed by atoms with Crippen LogP contribution in [0.4, 0.5) is 4.39 Å². The van der Waals surface area contributed by atoms with Crippen molar-refractivity contribution < 1.29 is 8.81 Å². The van der Waals surface area contributed by atoms with E-state index in [-0.39, 0.29) is 11.9 Å². The lowest BCUT2D eigenvalue weighted by atomic mass is 10.2. The highest BCUT2D eigenvalue weighted by Crippen LogP contribution is 2.13. The standard InChI is InChI=1S/C13H15FN2O/c1-9-7-16-13(17-9)10(2)15-8-11-5-3-4-6-12(11)14/h3-7,10,15H,8H2,1-2H3. The van der Waals surface area contributed by atoms with E-state index in [4.69, 9.17) is 4.42 Å². The number of nitrogens with one attached hydrogen (secondary N) is 1. The zero-order chi connectivity index (χ0) is 12.3. The zero-order valence-electron chi connectivity index (χ0n) is 9.90. The molecule has 0 fully saturated rings. The van der Waals surface area contributed by atoms with Crippen molar-refractivity contribution in [3.8, 4) is 0 Å². The van der Waals surface area contributed by atoms with Gasteiger partial charge in [0.15, 0.2) is 0 Å². The fourth-order valence-corrected chi connectivity index (χ4v) is 1.56. The second-order valence-corrected chi connectivity index (χ2v) is 4.00. The molecule has 0 radical (unpaired) electrons. The van der Waals surface area contributed by atoms with Crippen molar-refractivity contribution in [2.45, 2.75) is 26.4 Å². The van der Waals surface area contributed by atoms with Crippen LogP contribution in [0, 0.1) is 12.7 Å². The highest BCUT2D eigenvalue weighted by atomic mass is 19.1. The van der Waals surface area contributed by atoms with Gasteiger partial charge in [0.05, 0.1) is 12.2 Å². The first kappa shape index (κ1) is 11.8. The van der Waals surface area contributed by atoms with Gasteiger partial charge in [-0.3, -0.25) is 0 Å². The first-order valence-corrected chi connectivity index (χ1v) is 5.56. The fourth-order valence-electron chi connectivity index (χ4n) is 1.56. The minimum atomic E-state index is -0.198. The maximum Gasteiger partial charge on any atom is 0.211 e. The number of aromatic nitrogens is 1. The first-order valence-electron chi connectivity index (χ1n) is 5.56. The molecule has 90 valence electrons. The van der Waals surface area contributed by atoms with E-state index in [9.17, 15) is 4.39 Å². The van der Waals surface area contributed by atoms with E-state index in [2.05, 4.69) is 10.3 Å². The largest absolute Gasteiger partial charge is 0.444 e. The van der Waals surface area contributed by atoms with Crippen molar-refractivity contribution in [1.29, 1.82) is 0 Å². The monoisotopic (exact) mass is 234 g/mol. The predicted octanol–water partition coefficient (Wildman–Crippen LogP) is 2.97. The maximum absolute atomic E-state index is 13.4. The Morgan fingerprint density at radius 1 is 1.41 bits per heavy atom. The van der Waals surface area contributed by atoms with Crippen molar-refractivity contribution in [3.63, 3.8) is 0 Å². The topological polar surface area (TPSA) is 38.1 Å². The van der Waals surface area contributed by atoms with Gasteiger partial charge in [-0.1, -0.05) is 18.2 Å². The summed E-state index contributed by atoms with van der Waals surface area (Å²) < 4.78 is 18.8. The molecule has 1 unspecified atom stereocenters. The lowest BCUT2D eigenvalue weighted by Gasteiger charge is -2.10. The van der Waals surface area contributed by atoms with E-state index < -0.39 is 0 Å². The van der Waals surface area contributed by atoms with Crippen LogP contribution < -0.4 is 5.32 Å². The third-order valence-corrected chi connectivity index (χ3v) is 2.57. The van der Waals surface area contributed by atoms with Crippen molar-refractivity contribution in [1.82, 2.24) is 10.3 Å². The van der Waals surface area contributed by atoms with E-state index in [1.165, 1.54) is 6.07 Å². The number of nitrogens with zero attached hydrogens (tertiary/aromatic N) is 1. The van der Waals surface area contributed by atoms with E-state index in [1.807, 2.05) is 19.9 Å². The van der Waals surface area contributed by atoms with Gasteiger partial charge in [-0.25, -0.2) is 9.37 Å². The molecule has 2 aromatic rings. The van der Waals surface area contributed by atoms with Crippen LogP contribution in [0.1, 0.15) is 30.2 Å². The number of hydrogen-bond donors (Lipinski definition) is 1. The van der Waals surface area contributed by atoms with Gasteiger partial charge in [-0.05, 0) is 19.9 Å². The van der Waals surface area contributed by atoms with E-state index in [0.29, 0.717) is 18.0 Å². The molecule has 4 heteroatoms. The summed E-state index contributed by atoms with van der Waals surface area (Å²) in [6, 6.07) is 6.68.